The molecule has 0 saturated carbocycles. The lowest BCUT2D eigenvalue weighted by Gasteiger charge is -2.26. The first-order valence-corrected chi connectivity index (χ1v) is 12.5. The number of hydrogen-bond acceptors (Lipinski definition) is 3. The molecule has 4 rings (SSSR count). The van der Waals surface area contributed by atoms with Gasteiger partial charge in [0.2, 0.25) is 0 Å². The summed E-state index contributed by atoms with van der Waals surface area (Å²) >= 11 is 11.7. The van der Waals surface area contributed by atoms with Gasteiger partial charge in [-0.05, 0) is 60.7 Å². The molecule has 0 spiro atoms. The molecule has 0 aliphatic carbocycles. The van der Waals surface area contributed by atoms with Crippen molar-refractivity contribution in [2.45, 2.75) is 4.90 Å². The molecule has 8 heteroatoms. The molecule has 0 aliphatic rings. The standard InChI is InChI=1S/C26H20ClN3O2S2/c27-21-16-18-24(19-17-21)34(31,32)29-25(20-10-4-1-5-11-20)28-26(33)30(22-12-6-2-7-13-22)23-14-8-3-9-15-23/h1-19H,(H,28,29,33). The number of sulfonamides is 1. The van der Waals surface area contributed by atoms with Gasteiger partial charge < -0.3 is 5.32 Å². The number of hydrogen-bond donors (Lipinski definition) is 1. The van der Waals surface area contributed by atoms with Crippen LogP contribution in [0.15, 0.2) is 125 Å². The number of nitrogens with one attached hydrogen (secondary N) is 1. The summed E-state index contributed by atoms with van der Waals surface area (Å²) in [6.45, 7) is 0. The summed E-state index contributed by atoms with van der Waals surface area (Å²) < 4.78 is 30.3. The van der Waals surface area contributed by atoms with Gasteiger partial charge in [-0.25, -0.2) is 0 Å². The monoisotopic (exact) mass is 505 g/mol. The third kappa shape index (κ3) is 5.69. The van der Waals surface area contributed by atoms with Crippen LogP contribution in [0.5, 0.6) is 0 Å². The van der Waals surface area contributed by atoms with Crippen molar-refractivity contribution >= 4 is 56.2 Å². The highest BCUT2D eigenvalue weighted by atomic mass is 35.5. The first kappa shape index (κ1) is 23.6. The second kappa shape index (κ2) is 10.6. The number of amidine groups is 1. The highest BCUT2D eigenvalue weighted by Crippen LogP contribution is 2.25. The van der Waals surface area contributed by atoms with Crippen LogP contribution in [0.1, 0.15) is 5.56 Å². The van der Waals surface area contributed by atoms with Crippen molar-refractivity contribution in [3.05, 3.63) is 126 Å². The number of halogens is 1. The van der Waals surface area contributed by atoms with Gasteiger partial charge >= 0.3 is 0 Å². The molecule has 0 fully saturated rings. The van der Waals surface area contributed by atoms with Crippen LogP contribution in [0, 0.1) is 0 Å². The Morgan fingerprint density at radius 1 is 0.735 bits per heavy atom. The molecule has 0 saturated heterocycles. The molecule has 0 unspecified atom stereocenters. The van der Waals surface area contributed by atoms with Crippen LogP contribution in [0.3, 0.4) is 0 Å². The molecule has 0 amide bonds. The molecule has 170 valence electrons. The van der Waals surface area contributed by atoms with E-state index < -0.39 is 10.0 Å². The fraction of sp³-hybridized carbons (Fsp3) is 0. The molecule has 0 aliphatic heterocycles. The summed E-state index contributed by atoms with van der Waals surface area (Å²) in [6, 6.07) is 34.0. The molecular formula is C26H20ClN3O2S2. The first-order chi connectivity index (χ1) is 16.4. The summed E-state index contributed by atoms with van der Waals surface area (Å²) in [6.07, 6.45) is 0. The zero-order chi connectivity index (χ0) is 24.0. The van der Waals surface area contributed by atoms with Crippen LogP contribution >= 0.6 is 23.8 Å². The molecule has 0 bridgehead atoms. The molecule has 4 aromatic rings. The van der Waals surface area contributed by atoms with E-state index in [-0.39, 0.29) is 15.8 Å². The number of benzene rings is 4. The fourth-order valence-corrected chi connectivity index (χ4v) is 4.63. The predicted molar refractivity (Wildman–Crippen MR) is 142 cm³/mol. The number of para-hydroxylation sites is 2. The normalized spacial score (nSPS) is 11.6. The van der Waals surface area contributed by atoms with Gasteiger partial charge in [-0.1, -0.05) is 78.3 Å². The summed E-state index contributed by atoms with van der Waals surface area (Å²) in [7, 11) is -4.04. The van der Waals surface area contributed by atoms with Gasteiger partial charge in [0.25, 0.3) is 10.0 Å². The maximum Gasteiger partial charge on any atom is 0.284 e. The van der Waals surface area contributed by atoms with Crippen molar-refractivity contribution < 1.29 is 8.42 Å². The van der Waals surface area contributed by atoms with Crippen LogP contribution in [0.25, 0.3) is 0 Å². The zero-order valence-electron chi connectivity index (χ0n) is 17.9. The SMILES string of the molecule is O=S(=O)(N=C(NC(=S)N(c1ccccc1)c1ccccc1)c1ccccc1)c1ccc(Cl)cc1. The summed E-state index contributed by atoms with van der Waals surface area (Å²) in [4.78, 5) is 1.85. The third-order valence-corrected chi connectivity index (χ3v) is 6.65. The van der Waals surface area contributed by atoms with Crippen molar-refractivity contribution in [2.75, 3.05) is 4.90 Å². The van der Waals surface area contributed by atoms with E-state index in [9.17, 15) is 8.42 Å². The van der Waals surface area contributed by atoms with Gasteiger partial charge in [-0.15, -0.1) is 4.40 Å². The molecule has 0 radical (unpaired) electrons. The minimum absolute atomic E-state index is 0.0287. The Hall–Kier alpha value is -3.52. The van der Waals surface area contributed by atoms with Crippen LogP contribution in [-0.4, -0.2) is 19.4 Å². The Labute approximate surface area is 209 Å². The van der Waals surface area contributed by atoms with Crippen LogP contribution in [-0.2, 0) is 10.0 Å². The van der Waals surface area contributed by atoms with E-state index >= 15 is 0 Å². The molecular weight excluding hydrogens is 486 g/mol. The highest BCUT2D eigenvalue weighted by molar-refractivity contribution is 7.90. The predicted octanol–water partition coefficient (Wildman–Crippen LogP) is 6.19. The van der Waals surface area contributed by atoms with E-state index in [1.165, 1.54) is 24.3 Å². The summed E-state index contributed by atoms with van der Waals surface area (Å²) in [5.74, 6) is 0.109. The van der Waals surface area contributed by atoms with E-state index in [0.717, 1.165) is 11.4 Å². The summed E-state index contributed by atoms with van der Waals surface area (Å²) in [5, 5.41) is 3.78. The largest absolute Gasteiger partial charge is 0.316 e. The molecule has 4 aromatic carbocycles. The number of thiocarbonyl (C=S) groups is 1. The highest BCUT2D eigenvalue weighted by Gasteiger charge is 2.20. The lowest BCUT2D eigenvalue weighted by Crippen LogP contribution is -2.41. The Kier molecular flexibility index (Phi) is 7.37. The second-order valence-electron chi connectivity index (χ2n) is 7.17. The molecule has 1 N–H and O–H groups in total. The topological polar surface area (TPSA) is 61.8 Å². The van der Waals surface area contributed by atoms with E-state index in [1.54, 1.807) is 24.3 Å². The molecule has 34 heavy (non-hydrogen) atoms. The lowest BCUT2D eigenvalue weighted by molar-refractivity contribution is 0.598. The maximum atomic E-state index is 13.1. The minimum Gasteiger partial charge on any atom is -0.316 e. The number of nitrogens with zero attached hydrogens (tertiary/aromatic N) is 2. The summed E-state index contributed by atoms with van der Waals surface area (Å²) in [5.41, 5.74) is 2.21. The van der Waals surface area contributed by atoms with Gasteiger partial charge in [0, 0.05) is 22.0 Å². The van der Waals surface area contributed by atoms with Gasteiger partial charge in [-0.2, -0.15) is 8.42 Å². The Morgan fingerprint density at radius 2 is 1.21 bits per heavy atom. The smallest absolute Gasteiger partial charge is 0.284 e. The van der Waals surface area contributed by atoms with Crippen molar-refractivity contribution in [1.82, 2.24) is 5.32 Å². The van der Waals surface area contributed by atoms with Crippen molar-refractivity contribution in [3.8, 4) is 0 Å². The lowest BCUT2D eigenvalue weighted by atomic mass is 10.2. The van der Waals surface area contributed by atoms with Crippen molar-refractivity contribution in [3.63, 3.8) is 0 Å². The van der Waals surface area contributed by atoms with Crippen molar-refractivity contribution in [2.24, 2.45) is 4.40 Å². The molecule has 0 heterocycles. The van der Waals surface area contributed by atoms with Gasteiger partial charge in [-0.3, -0.25) is 4.90 Å². The number of anilines is 2. The van der Waals surface area contributed by atoms with Crippen molar-refractivity contribution in [1.29, 1.82) is 0 Å². The van der Waals surface area contributed by atoms with Crippen LogP contribution in [0.4, 0.5) is 11.4 Å². The van der Waals surface area contributed by atoms with Gasteiger partial charge in [0.05, 0.1) is 4.90 Å². The average molecular weight is 506 g/mol. The minimum atomic E-state index is -4.04. The second-order valence-corrected chi connectivity index (χ2v) is 9.60. The number of rotatable bonds is 5. The van der Waals surface area contributed by atoms with Gasteiger partial charge in [0.1, 0.15) is 0 Å². The third-order valence-electron chi connectivity index (χ3n) is 4.83. The Bertz CT molecular complexity index is 1360. The maximum absolute atomic E-state index is 13.1. The molecule has 0 aromatic heterocycles. The van der Waals surface area contributed by atoms with Crippen LogP contribution in [0.2, 0.25) is 5.02 Å². The van der Waals surface area contributed by atoms with Gasteiger partial charge in [0.15, 0.2) is 10.9 Å². The zero-order valence-corrected chi connectivity index (χ0v) is 20.3. The Balaban J connectivity index is 1.76. The van der Waals surface area contributed by atoms with E-state index in [4.69, 9.17) is 23.8 Å². The Morgan fingerprint density at radius 3 is 1.71 bits per heavy atom. The molecule has 0 atom stereocenters. The molecule has 5 nitrogen and oxygen atoms in total. The quantitative estimate of drug-likeness (QED) is 0.199. The fourth-order valence-electron chi connectivity index (χ4n) is 3.22. The van der Waals surface area contributed by atoms with E-state index in [2.05, 4.69) is 9.71 Å². The van der Waals surface area contributed by atoms with E-state index in [0.29, 0.717) is 10.6 Å². The van der Waals surface area contributed by atoms with E-state index in [1.807, 2.05) is 71.6 Å². The van der Waals surface area contributed by atoms with Crippen LogP contribution < -0.4 is 10.2 Å². The average Bonchev–Trinajstić information content (AvgIpc) is 2.86. The first-order valence-electron chi connectivity index (χ1n) is 10.3.